The third-order valence-corrected chi connectivity index (χ3v) is 5.71. The number of hydrogen-bond donors (Lipinski definition) is 2. The number of hydrogen-bond acceptors (Lipinski definition) is 4. The second-order valence-corrected chi connectivity index (χ2v) is 7.68. The maximum Gasteiger partial charge on any atom is 0.267 e. The number of rotatable bonds is 5. The second-order valence-electron chi connectivity index (χ2n) is 7.68. The van der Waals surface area contributed by atoms with E-state index in [0.29, 0.717) is 16.9 Å². The lowest BCUT2D eigenvalue weighted by molar-refractivity contribution is -0.124. The molecule has 162 valence electrons. The number of piperidine rings is 1. The lowest BCUT2D eigenvalue weighted by Crippen LogP contribution is -2.36. The molecule has 8 heteroatoms. The molecule has 1 amide bonds. The molecule has 1 atom stereocenters. The first-order valence-electron chi connectivity index (χ1n) is 10.3. The quantitative estimate of drug-likeness (QED) is 0.365. The largest absolute Gasteiger partial charge is 0.319 e. The number of benzene rings is 2. The van der Waals surface area contributed by atoms with Crippen molar-refractivity contribution in [2.75, 3.05) is 19.6 Å². The fourth-order valence-corrected chi connectivity index (χ4v) is 4.18. The van der Waals surface area contributed by atoms with E-state index in [-0.39, 0.29) is 6.04 Å². The molecule has 2 aromatic carbocycles. The third kappa shape index (κ3) is 4.35. The number of likely N-dealkylation sites (tertiary alicyclic amines) is 1. The molecular weight excluding hydrogens is 402 g/mol. The van der Waals surface area contributed by atoms with Crippen LogP contribution in [0.2, 0.25) is 0 Å². The smallest absolute Gasteiger partial charge is 0.267 e. The van der Waals surface area contributed by atoms with E-state index < -0.39 is 17.5 Å². The van der Waals surface area contributed by atoms with Crippen molar-refractivity contribution in [3.05, 3.63) is 59.7 Å². The van der Waals surface area contributed by atoms with Crippen molar-refractivity contribution in [1.82, 2.24) is 19.9 Å². The summed E-state index contributed by atoms with van der Waals surface area (Å²) in [4.78, 5) is 18.3. The predicted octanol–water partition coefficient (Wildman–Crippen LogP) is 4.16. The highest BCUT2D eigenvalue weighted by atomic mass is 19.2. The molecule has 2 N–H and O–H groups in total. The van der Waals surface area contributed by atoms with Crippen LogP contribution < -0.4 is 5.48 Å². The number of carbonyl (C=O) groups is 1. The maximum absolute atomic E-state index is 14.1. The fourth-order valence-electron chi connectivity index (χ4n) is 4.18. The summed E-state index contributed by atoms with van der Waals surface area (Å²) in [5.41, 5.74) is 4.03. The number of amides is 1. The molecule has 4 rings (SSSR count). The zero-order chi connectivity index (χ0) is 22.0. The Morgan fingerprint density at radius 2 is 2.10 bits per heavy atom. The van der Waals surface area contributed by atoms with E-state index in [1.807, 2.05) is 28.8 Å². The Labute approximate surface area is 178 Å². The van der Waals surface area contributed by atoms with Crippen LogP contribution in [-0.2, 0) is 4.79 Å². The van der Waals surface area contributed by atoms with Gasteiger partial charge < -0.3 is 9.47 Å². The van der Waals surface area contributed by atoms with Gasteiger partial charge in [-0.3, -0.25) is 10.0 Å². The molecule has 0 radical (unpaired) electrons. The minimum Gasteiger partial charge on any atom is -0.319 e. The van der Waals surface area contributed by atoms with E-state index in [2.05, 4.69) is 16.8 Å². The van der Waals surface area contributed by atoms with Crippen LogP contribution >= 0.6 is 0 Å². The summed E-state index contributed by atoms with van der Waals surface area (Å²) in [6, 6.07) is 9.83. The molecule has 1 aliphatic heterocycles. The van der Waals surface area contributed by atoms with E-state index >= 15 is 0 Å². The molecule has 0 bridgehead atoms. The van der Waals surface area contributed by atoms with Crippen LogP contribution in [-0.4, -0.2) is 45.2 Å². The van der Waals surface area contributed by atoms with E-state index in [4.69, 9.17) is 5.21 Å². The molecule has 1 fully saturated rings. The van der Waals surface area contributed by atoms with Gasteiger partial charge in [-0.15, -0.1) is 0 Å². The SMILES string of the molecule is CCN1CCCC(n2c(-c3cccc(C=CC(=O)NO)c3)nc3cc(F)c(F)cc32)C1. The van der Waals surface area contributed by atoms with Crippen LogP contribution in [0.25, 0.3) is 28.5 Å². The Bertz CT molecular complexity index is 1140. The molecule has 2 heterocycles. The van der Waals surface area contributed by atoms with Crippen LogP contribution in [0.5, 0.6) is 0 Å². The van der Waals surface area contributed by atoms with Gasteiger partial charge in [0.15, 0.2) is 11.6 Å². The minimum atomic E-state index is -0.922. The number of nitrogens with zero attached hydrogens (tertiary/aromatic N) is 3. The molecule has 1 aliphatic rings. The molecule has 31 heavy (non-hydrogen) atoms. The highest BCUT2D eigenvalue weighted by molar-refractivity contribution is 5.91. The number of fused-ring (bicyclic) bond motifs is 1. The van der Waals surface area contributed by atoms with Crippen LogP contribution in [0.1, 0.15) is 31.4 Å². The molecule has 1 saturated heterocycles. The van der Waals surface area contributed by atoms with E-state index in [9.17, 15) is 13.6 Å². The van der Waals surface area contributed by atoms with Gasteiger partial charge in [0.05, 0.1) is 11.0 Å². The number of likely N-dealkylation sites (N-methyl/N-ethyl adjacent to an activating group) is 1. The summed E-state index contributed by atoms with van der Waals surface area (Å²) >= 11 is 0. The molecule has 0 saturated carbocycles. The zero-order valence-electron chi connectivity index (χ0n) is 17.2. The zero-order valence-corrected chi connectivity index (χ0v) is 17.2. The summed E-state index contributed by atoms with van der Waals surface area (Å²) in [6.45, 7) is 4.87. The van der Waals surface area contributed by atoms with Crippen molar-refractivity contribution in [1.29, 1.82) is 0 Å². The molecule has 6 nitrogen and oxygen atoms in total. The first-order valence-corrected chi connectivity index (χ1v) is 10.3. The molecule has 1 unspecified atom stereocenters. The monoisotopic (exact) mass is 426 g/mol. The average Bonchev–Trinajstić information content (AvgIpc) is 3.16. The number of imidazole rings is 1. The van der Waals surface area contributed by atoms with Crippen LogP contribution in [0, 0.1) is 11.6 Å². The number of halogens is 2. The van der Waals surface area contributed by atoms with Gasteiger partial charge >= 0.3 is 0 Å². The van der Waals surface area contributed by atoms with Gasteiger partial charge in [-0.05, 0) is 43.6 Å². The van der Waals surface area contributed by atoms with Crippen molar-refractivity contribution in [3.63, 3.8) is 0 Å². The van der Waals surface area contributed by atoms with E-state index in [1.54, 1.807) is 11.6 Å². The van der Waals surface area contributed by atoms with Gasteiger partial charge in [0.25, 0.3) is 5.91 Å². The summed E-state index contributed by atoms with van der Waals surface area (Å²) in [5, 5.41) is 8.66. The summed E-state index contributed by atoms with van der Waals surface area (Å²) < 4.78 is 30.1. The van der Waals surface area contributed by atoms with Crippen LogP contribution in [0.3, 0.4) is 0 Å². The number of hydroxylamine groups is 1. The Morgan fingerprint density at radius 3 is 2.87 bits per heavy atom. The van der Waals surface area contributed by atoms with Crippen molar-refractivity contribution in [3.8, 4) is 11.4 Å². The van der Waals surface area contributed by atoms with Crippen LogP contribution in [0.4, 0.5) is 8.78 Å². The van der Waals surface area contributed by atoms with Crippen molar-refractivity contribution in [2.45, 2.75) is 25.8 Å². The van der Waals surface area contributed by atoms with Gasteiger partial charge in [-0.25, -0.2) is 19.2 Å². The molecule has 0 aliphatic carbocycles. The van der Waals surface area contributed by atoms with Crippen LogP contribution in [0.15, 0.2) is 42.5 Å². The Kier molecular flexibility index (Phi) is 6.11. The summed E-state index contributed by atoms with van der Waals surface area (Å²) in [7, 11) is 0. The number of carbonyl (C=O) groups excluding carboxylic acids is 1. The first kappa shape index (κ1) is 21.1. The lowest BCUT2D eigenvalue weighted by Gasteiger charge is -2.33. The fraction of sp³-hybridized carbons (Fsp3) is 0.304. The molecule has 1 aromatic heterocycles. The summed E-state index contributed by atoms with van der Waals surface area (Å²) in [6.07, 6.45) is 4.72. The van der Waals surface area contributed by atoms with Gasteiger partial charge in [0.1, 0.15) is 5.82 Å². The minimum absolute atomic E-state index is 0.0814. The van der Waals surface area contributed by atoms with Crippen molar-refractivity contribution < 1.29 is 18.8 Å². The highest BCUT2D eigenvalue weighted by Gasteiger charge is 2.26. The Hall–Kier alpha value is -3.10. The number of aromatic nitrogens is 2. The summed E-state index contributed by atoms with van der Waals surface area (Å²) in [5.74, 6) is -1.82. The number of nitrogens with one attached hydrogen (secondary N) is 1. The van der Waals surface area contributed by atoms with Gasteiger partial charge in [-0.1, -0.05) is 25.1 Å². The van der Waals surface area contributed by atoms with Crippen molar-refractivity contribution in [2.24, 2.45) is 0 Å². The standard InChI is InChI=1S/C23H24F2N4O2/c1-2-28-10-4-7-17(14-28)29-21-13-19(25)18(24)12-20(21)26-23(29)16-6-3-5-15(11-16)8-9-22(30)27-31/h3,5-6,8-9,11-13,17,31H,2,4,7,10,14H2,1H3,(H,27,30). The van der Waals surface area contributed by atoms with E-state index in [1.165, 1.54) is 12.1 Å². The van der Waals surface area contributed by atoms with Gasteiger partial charge in [-0.2, -0.15) is 0 Å². The third-order valence-electron chi connectivity index (χ3n) is 5.71. The van der Waals surface area contributed by atoms with E-state index in [0.717, 1.165) is 49.7 Å². The van der Waals surface area contributed by atoms with Gasteiger partial charge in [0, 0.05) is 36.4 Å². The average molecular weight is 426 g/mol. The second kappa shape index (κ2) is 8.95. The maximum atomic E-state index is 14.1. The molecule has 3 aromatic rings. The first-order chi connectivity index (χ1) is 15.0. The normalized spacial score (nSPS) is 17.5. The lowest BCUT2D eigenvalue weighted by atomic mass is 10.0. The Balaban J connectivity index is 1.84. The molecular formula is C23H24F2N4O2. The van der Waals surface area contributed by atoms with Gasteiger partial charge in [0.2, 0.25) is 0 Å². The molecule has 0 spiro atoms. The topological polar surface area (TPSA) is 70.4 Å². The Morgan fingerprint density at radius 1 is 1.29 bits per heavy atom. The highest BCUT2D eigenvalue weighted by Crippen LogP contribution is 2.34. The predicted molar refractivity (Wildman–Crippen MR) is 114 cm³/mol. The van der Waals surface area contributed by atoms with Crippen molar-refractivity contribution >= 4 is 23.0 Å².